The van der Waals surface area contributed by atoms with Gasteiger partial charge in [-0.1, -0.05) is 18.2 Å². The lowest BCUT2D eigenvalue weighted by Gasteiger charge is -2.06. The predicted octanol–water partition coefficient (Wildman–Crippen LogP) is 2.86. The summed E-state index contributed by atoms with van der Waals surface area (Å²) in [5.41, 5.74) is 6.25. The highest BCUT2D eigenvalue weighted by atomic mass is 19.1. The standard InChI is InChI=1S/C13H20FNO/c1-11(15)6-4-5-9-16-10-12-7-2-3-8-13(12)14/h2-3,7-8,11H,4-6,9-10,15H2,1H3. The Balaban J connectivity index is 2.10. The molecule has 1 aromatic carbocycles. The fourth-order valence-corrected chi connectivity index (χ4v) is 1.47. The fraction of sp³-hybridized carbons (Fsp3) is 0.538. The summed E-state index contributed by atoms with van der Waals surface area (Å²) >= 11 is 0. The van der Waals surface area contributed by atoms with Gasteiger partial charge in [0.25, 0.3) is 0 Å². The quantitative estimate of drug-likeness (QED) is 0.724. The van der Waals surface area contributed by atoms with Crippen molar-refractivity contribution in [3.05, 3.63) is 35.6 Å². The van der Waals surface area contributed by atoms with Crippen LogP contribution in [-0.4, -0.2) is 12.6 Å². The van der Waals surface area contributed by atoms with Crippen molar-refractivity contribution in [2.45, 2.75) is 38.8 Å². The first kappa shape index (κ1) is 13.1. The summed E-state index contributed by atoms with van der Waals surface area (Å²) in [4.78, 5) is 0. The highest BCUT2D eigenvalue weighted by molar-refractivity contribution is 5.16. The number of nitrogens with two attached hydrogens (primary N) is 1. The predicted molar refractivity (Wildman–Crippen MR) is 63.6 cm³/mol. The lowest BCUT2D eigenvalue weighted by molar-refractivity contribution is 0.114. The molecule has 0 aliphatic carbocycles. The van der Waals surface area contributed by atoms with E-state index < -0.39 is 0 Å². The molecular weight excluding hydrogens is 205 g/mol. The molecule has 0 heterocycles. The summed E-state index contributed by atoms with van der Waals surface area (Å²) in [6.45, 7) is 3.02. The monoisotopic (exact) mass is 225 g/mol. The van der Waals surface area contributed by atoms with Gasteiger partial charge in [0.1, 0.15) is 5.82 Å². The molecule has 0 spiro atoms. The maximum Gasteiger partial charge on any atom is 0.128 e. The van der Waals surface area contributed by atoms with Gasteiger partial charge in [0, 0.05) is 18.2 Å². The molecule has 1 atom stereocenters. The summed E-state index contributed by atoms with van der Waals surface area (Å²) in [6.07, 6.45) is 3.06. The average molecular weight is 225 g/mol. The molecule has 0 saturated heterocycles. The molecule has 0 aromatic heterocycles. The second-order valence-electron chi connectivity index (χ2n) is 4.12. The average Bonchev–Trinajstić information content (AvgIpc) is 2.25. The Morgan fingerprint density at radius 2 is 2.06 bits per heavy atom. The molecule has 2 nitrogen and oxygen atoms in total. The van der Waals surface area contributed by atoms with Crippen LogP contribution < -0.4 is 5.73 Å². The highest BCUT2D eigenvalue weighted by Gasteiger charge is 2.00. The Bertz CT molecular complexity index is 302. The van der Waals surface area contributed by atoms with Gasteiger partial charge < -0.3 is 10.5 Å². The van der Waals surface area contributed by atoms with E-state index in [9.17, 15) is 4.39 Å². The number of benzene rings is 1. The maximum absolute atomic E-state index is 13.2. The van der Waals surface area contributed by atoms with Crippen molar-refractivity contribution in [2.75, 3.05) is 6.61 Å². The highest BCUT2D eigenvalue weighted by Crippen LogP contribution is 2.08. The van der Waals surface area contributed by atoms with Crippen molar-refractivity contribution in [2.24, 2.45) is 5.73 Å². The van der Waals surface area contributed by atoms with Gasteiger partial charge in [0.05, 0.1) is 6.61 Å². The first-order valence-electron chi connectivity index (χ1n) is 5.77. The second-order valence-corrected chi connectivity index (χ2v) is 4.12. The van der Waals surface area contributed by atoms with Gasteiger partial charge in [0.2, 0.25) is 0 Å². The molecule has 0 bridgehead atoms. The van der Waals surface area contributed by atoms with Gasteiger partial charge in [-0.15, -0.1) is 0 Å². The zero-order chi connectivity index (χ0) is 11.8. The molecule has 0 aliphatic rings. The SMILES string of the molecule is CC(N)CCCCOCc1ccccc1F. The van der Waals surface area contributed by atoms with Gasteiger partial charge in [-0.2, -0.15) is 0 Å². The number of halogens is 1. The van der Waals surface area contributed by atoms with Crippen molar-refractivity contribution in [1.82, 2.24) is 0 Å². The van der Waals surface area contributed by atoms with E-state index in [-0.39, 0.29) is 11.9 Å². The van der Waals surface area contributed by atoms with Crippen LogP contribution in [-0.2, 0) is 11.3 Å². The van der Waals surface area contributed by atoms with Gasteiger partial charge in [0.15, 0.2) is 0 Å². The Kier molecular flexibility index (Phi) is 6.04. The summed E-state index contributed by atoms with van der Waals surface area (Å²) in [6, 6.07) is 6.96. The molecule has 2 N–H and O–H groups in total. The molecule has 0 aliphatic heterocycles. The van der Waals surface area contributed by atoms with Crippen LogP contribution in [0.25, 0.3) is 0 Å². The third kappa shape index (κ3) is 5.24. The van der Waals surface area contributed by atoms with Gasteiger partial charge in [-0.05, 0) is 32.3 Å². The minimum atomic E-state index is -0.196. The summed E-state index contributed by atoms with van der Waals surface area (Å²) < 4.78 is 18.6. The number of rotatable bonds is 7. The van der Waals surface area contributed by atoms with E-state index in [0.717, 1.165) is 19.3 Å². The van der Waals surface area contributed by atoms with E-state index >= 15 is 0 Å². The molecule has 90 valence electrons. The molecule has 16 heavy (non-hydrogen) atoms. The molecule has 1 aromatic rings. The van der Waals surface area contributed by atoms with Crippen LogP contribution in [0.1, 0.15) is 31.7 Å². The van der Waals surface area contributed by atoms with E-state index in [0.29, 0.717) is 18.8 Å². The molecule has 0 radical (unpaired) electrons. The number of unbranched alkanes of at least 4 members (excludes halogenated alkanes) is 1. The largest absolute Gasteiger partial charge is 0.377 e. The second kappa shape index (κ2) is 7.36. The molecule has 0 fully saturated rings. The lowest BCUT2D eigenvalue weighted by atomic mass is 10.1. The van der Waals surface area contributed by atoms with Crippen molar-refractivity contribution in [3.63, 3.8) is 0 Å². The van der Waals surface area contributed by atoms with Crippen LogP contribution in [0.3, 0.4) is 0 Å². The van der Waals surface area contributed by atoms with Crippen molar-refractivity contribution < 1.29 is 9.13 Å². The molecule has 1 rings (SSSR count). The zero-order valence-corrected chi connectivity index (χ0v) is 9.79. The number of hydrogen-bond acceptors (Lipinski definition) is 2. The van der Waals surface area contributed by atoms with E-state index in [4.69, 9.17) is 10.5 Å². The Morgan fingerprint density at radius 3 is 2.75 bits per heavy atom. The zero-order valence-electron chi connectivity index (χ0n) is 9.79. The number of ether oxygens (including phenoxy) is 1. The molecule has 1 unspecified atom stereocenters. The lowest BCUT2D eigenvalue weighted by Crippen LogP contribution is -2.14. The third-order valence-corrected chi connectivity index (χ3v) is 2.41. The van der Waals surface area contributed by atoms with Gasteiger partial charge in [-0.25, -0.2) is 4.39 Å². The van der Waals surface area contributed by atoms with Gasteiger partial charge in [-0.3, -0.25) is 0 Å². The molecular formula is C13H20FNO. The van der Waals surface area contributed by atoms with Crippen LogP contribution in [0, 0.1) is 5.82 Å². The minimum Gasteiger partial charge on any atom is -0.377 e. The van der Waals surface area contributed by atoms with Crippen molar-refractivity contribution in [3.8, 4) is 0 Å². The molecule has 3 heteroatoms. The van der Waals surface area contributed by atoms with Crippen LogP contribution in [0.15, 0.2) is 24.3 Å². The smallest absolute Gasteiger partial charge is 0.128 e. The third-order valence-electron chi connectivity index (χ3n) is 2.41. The van der Waals surface area contributed by atoms with Crippen LogP contribution in [0.5, 0.6) is 0 Å². The Morgan fingerprint density at radius 1 is 1.31 bits per heavy atom. The summed E-state index contributed by atoms with van der Waals surface area (Å²) in [7, 11) is 0. The molecule has 0 amide bonds. The number of hydrogen-bond donors (Lipinski definition) is 1. The van der Waals surface area contributed by atoms with Crippen molar-refractivity contribution >= 4 is 0 Å². The summed E-state index contributed by atoms with van der Waals surface area (Å²) in [5, 5.41) is 0. The van der Waals surface area contributed by atoms with Crippen LogP contribution in [0.2, 0.25) is 0 Å². The normalized spacial score (nSPS) is 12.7. The minimum absolute atomic E-state index is 0.196. The van der Waals surface area contributed by atoms with Crippen molar-refractivity contribution in [1.29, 1.82) is 0 Å². The first-order chi connectivity index (χ1) is 7.70. The summed E-state index contributed by atoms with van der Waals surface area (Å²) in [5.74, 6) is -0.196. The topological polar surface area (TPSA) is 35.2 Å². The maximum atomic E-state index is 13.2. The van der Waals surface area contributed by atoms with E-state index in [1.165, 1.54) is 6.07 Å². The fourth-order valence-electron chi connectivity index (χ4n) is 1.47. The first-order valence-corrected chi connectivity index (χ1v) is 5.77. The van der Waals surface area contributed by atoms with Gasteiger partial charge >= 0.3 is 0 Å². The Labute approximate surface area is 96.6 Å². The van der Waals surface area contributed by atoms with Crippen LogP contribution in [0.4, 0.5) is 4.39 Å². The Hall–Kier alpha value is -0.930. The van der Waals surface area contributed by atoms with E-state index in [1.54, 1.807) is 12.1 Å². The van der Waals surface area contributed by atoms with E-state index in [1.807, 2.05) is 13.0 Å². The van der Waals surface area contributed by atoms with Crippen LogP contribution >= 0.6 is 0 Å². The van der Waals surface area contributed by atoms with E-state index in [2.05, 4.69) is 0 Å². The molecule has 0 saturated carbocycles.